The number of methoxy groups -OCH3 is 1. The Hall–Kier alpha value is -1.23. The zero-order chi connectivity index (χ0) is 14.0. The highest BCUT2D eigenvalue weighted by atomic mass is 32.1. The number of hydrogen-bond acceptors (Lipinski definition) is 4. The molecule has 1 aromatic carbocycles. The van der Waals surface area contributed by atoms with E-state index in [2.05, 4.69) is 41.6 Å². The third-order valence-corrected chi connectivity index (χ3v) is 4.88. The Morgan fingerprint density at radius 1 is 1.30 bits per heavy atom. The first kappa shape index (κ1) is 13.7. The van der Waals surface area contributed by atoms with Crippen LogP contribution < -0.4 is 0 Å². The normalized spacial score (nSPS) is 16.6. The van der Waals surface area contributed by atoms with E-state index in [0.717, 1.165) is 18.8 Å². The molecule has 0 radical (unpaired) electrons. The van der Waals surface area contributed by atoms with E-state index < -0.39 is 0 Å². The molecule has 0 spiro atoms. The summed E-state index contributed by atoms with van der Waals surface area (Å²) in [5.41, 5.74) is 2.53. The Labute approximate surface area is 124 Å². The summed E-state index contributed by atoms with van der Waals surface area (Å²) in [6, 6.07) is 10.4. The van der Waals surface area contributed by atoms with Crippen LogP contribution in [0.4, 0.5) is 0 Å². The molecule has 1 fully saturated rings. The van der Waals surface area contributed by atoms with Crippen molar-refractivity contribution in [3.8, 4) is 11.3 Å². The number of benzene rings is 1. The van der Waals surface area contributed by atoms with Crippen LogP contribution in [0.5, 0.6) is 0 Å². The van der Waals surface area contributed by atoms with Crippen LogP contribution in [0, 0.1) is 0 Å². The minimum absolute atomic E-state index is 0.257. The molecule has 3 rings (SSSR count). The molecule has 0 unspecified atom stereocenters. The van der Waals surface area contributed by atoms with Gasteiger partial charge in [-0.25, -0.2) is 4.98 Å². The number of ether oxygens (including phenoxy) is 1. The van der Waals surface area contributed by atoms with Crippen molar-refractivity contribution in [2.45, 2.75) is 24.9 Å². The minimum atomic E-state index is 0.257. The van der Waals surface area contributed by atoms with E-state index in [0.29, 0.717) is 0 Å². The molecule has 20 heavy (non-hydrogen) atoms. The van der Waals surface area contributed by atoms with Crippen molar-refractivity contribution >= 4 is 11.3 Å². The number of rotatable bonds is 6. The molecule has 0 N–H and O–H groups in total. The van der Waals surface area contributed by atoms with Crippen LogP contribution in [0.15, 0.2) is 35.7 Å². The monoisotopic (exact) mass is 288 g/mol. The van der Waals surface area contributed by atoms with Gasteiger partial charge in [0.2, 0.25) is 0 Å². The fourth-order valence-electron chi connectivity index (χ4n) is 2.54. The first-order chi connectivity index (χ1) is 9.73. The third kappa shape index (κ3) is 2.77. The molecule has 1 saturated carbocycles. The zero-order valence-electron chi connectivity index (χ0n) is 12.0. The van der Waals surface area contributed by atoms with Gasteiger partial charge in [0.15, 0.2) is 0 Å². The van der Waals surface area contributed by atoms with Crippen molar-refractivity contribution in [3.63, 3.8) is 0 Å². The summed E-state index contributed by atoms with van der Waals surface area (Å²) in [6.07, 6.45) is 2.46. The van der Waals surface area contributed by atoms with E-state index in [4.69, 9.17) is 9.72 Å². The van der Waals surface area contributed by atoms with Crippen LogP contribution in [0.25, 0.3) is 11.3 Å². The Morgan fingerprint density at radius 2 is 2.05 bits per heavy atom. The molecule has 1 aliphatic carbocycles. The maximum absolute atomic E-state index is 5.34. The largest absolute Gasteiger partial charge is 0.383 e. The van der Waals surface area contributed by atoms with Crippen LogP contribution in [-0.2, 0) is 11.3 Å². The van der Waals surface area contributed by atoms with E-state index in [1.54, 1.807) is 18.4 Å². The molecule has 0 amide bonds. The van der Waals surface area contributed by atoms with Gasteiger partial charge < -0.3 is 4.74 Å². The highest BCUT2D eigenvalue weighted by Gasteiger charge is 2.46. The second-order valence-corrected chi connectivity index (χ2v) is 6.45. The Bertz CT molecular complexity index is 563. The summed E-state index contributed by atoms with van der Waals surface area (Å²) in [5, 5.41) is 3.32. The highest BCUT2D eigenvalue weighted by molar-refractivity contribution is 7.09. The second-order valence-electron chi connectivity index (χ2n) is 5.51. The molecule has 2 aromatic rings. The first-order valence-electron chi connectivity index (χ1n) is 6.93. The second kappa shape index (κ2) is 5.64. The summed E-state index contributed by atoms with van der Waals surface area (Å²) in [4.78, 5) is 7.15. The highest BCUT2D eigenvalue weighted by Crippen LogP contribution is 2.42. The molecule has 0 atom stereocenters. The van der Waals surface area contributed by atoms with Gasteiger partial charge in [-0.1, -0.05) is 30.3 Å². The van der Waals surface area contributed by atoms with E-state index in [1.165, 1.54) is 23.4 Å². The molecule has 0 saturated heterocycles. The molecule has 0 bridgehead atoms. The predicted molar refractivity (Wildman–Crippen MR) is 82.9 cm³/mol. The van der Waals surface area contributed by atoms with E-state index in [1.807, 2.05) is 6.07 Å². The molecule has 1 heterocycles. The lowest BCUT2D eigenvalue weighted by atomic mass is 10.2. The van der Waals surface area contributed by atoms with Crippen molar-refractivity contribution in [2.24, 2.45) is 0 Å². The Balaban J connectivity index is 1.69. The summed E-state index contributed by atoms with van der Waals surface area (Å²) < 4.78 is 5.34. The first-order valence-corrected chi connectivity index (χ1v) is 7.81. The summed E-state index contributed by atoms with van der Waals surface area (Å²) in [7, 11) is 3.96. The van der Waals surface area contributed by atoms with Crippen LogP contribution in [0.1, 0.15) is 17.8 Å². The summed E-state index contributed by atoms with van der Waals surface area (Å²) in [6.45, 7) is 1.72. The Kier molecular flexibility index (Phi) is 3.87. The molecule has 3 nitrogen and oxygen atoms in total. The SMILES string of the molecule is COCC1(N(C)Cc2nc(-c3ccccc3)cs2)CC1. The zero-order valence-corrected chi connectivity index (χ0v) is 12.8. The lowest BCUT2D eigenvalue weighted by molar-refractivity contribution is 0.0872. The van der Waals surface area contributed by atoms with Gasteiger partial charge >= 0.3 is 0 Å². The quantitative estimate of drug-likeness (QED) is 0.814. The van der Waals surface area contributed by atoms with E-state index in [-0.39, 0.29) is 5.54 Å². The maximum atomic E-state index is 5.34. The molecule has 1 aliphatic rings. The standard InChI is InChI=1S/C16H20N2OS/c1-18(16(8-9-16)12-19-2)10-15-17-14(11-20-15)13-6-4-3-5-7-13/h3-7,11H,8-10,12H2,1-2H3. The van der Waals surface area contributed by atoms with Crippen molar-refractivity contribution in [1.82, 2.24) is 9.88 Å². The number of likely N-dealkylation sites (N-methyl/N-ethyl adjacent to an activating group) is 1. The van der Waals surface area contributed by atoms with Crippen LogP contribution in [-0.4, -0.2) is 36.2 Å². The van der Waals surface area contributed by atoms with Crippen LogP contribution in [0.2, 0.25) is 0 Å². The van der Waals surface area contributed by atoms with Crippen LogP contribution >= 0.6 is 11.3 Å². The van der Waals surface area contributed by atoms with E-state index in [9.17, 15) is 0 Å². The molecule has 106 valence electrons. The fourth-order valence-corrected chi connectivity index (χ4v) is 3.40. The fraction of sp³-hybridized carbons (Fsp3) is 0.438. The number of aromatic nitrogens is 1. The topological polar surface area (TPSA) is 25.4 Å². The smallest absolute Gasteiger partial charge is 0.107 e. The summed E-state index contributed by atoms with van der Waals surface area (Å²) in [5.74, 6) is 0. The molecular formula is C16H20N2OS. The van der Waals surface area contributed by atoms with Crippen molar-refractivity contribution < 1.29 is 4.74 Å². The van der Waals surface area contributed by atoms with Crippen molar-refractivity contribution in [3.05, 3.63) is 40.7 Å². The van der Waals surface area contributed by atoms with Gasteiger partial charge in [0.25, 0.3) is 0 Å². The third-order valence-electron chi connectivity index (χ3n) is 4.04. The maximum Gasteiger partial charge on any atom is 0.107 e. The molecular weight excluding hydrogens is 268 g/mol. The van der Waals surface area contributed by atoms with Gasteiger partial charge in [-0.2, -0.15) is 0 Å². The van der Waals surface area contributed by atoms with Gasteiger partial charge in [-0.3, -0.25) is 4.90 Å². The van der Waals surface area contributed by atoms with Crippen molar-refractivity contribution in [1.29, 1.82) is 0 Å². The lowest BCUT2D eigenvalue weighted by Crippen LogP contribution is -2.37. The lowest BCUT2D eigenvalue weighted by Gasteiger charge is -2.26. The molecule has 4 heteroatoms. The van der Waals surface area contributed by atoms with Gasteiger partial charge in [0.1, 0.15) is 5.01 Å². The van der Waals surface area contributed by atoms with Gasteiger partial charge in [0, 0.05) is 23.6 Å². The van der Waals surface area contributed by atoms with Gasteiger partial charge in [-0.15, -0.1) is 11.3 Å². The summed E-state index contributed by atoms with van der Waals surface area (Å²) >= 11 is 1.74. The van der Waals surface area contributed by atoms with Gasteiger partial charge in [0.05, 0.1) is 18.8 Å². The number of thiazole rings is 1. The minimum Gasteiger partial charge on any atom is -0.383 e. The van der Waals surface area contributed by atoms with Gasteiger partial charge in [-0.05, 0) is 19.9 Å². The predicted octanol–water partition coefficient (Wildman–Crippen LogP) is 3.42. The molecule has 1 aromatic heterocycles. The Morgan fingerprint density at radius 3 is 2.70 bits per heavy atom. The van der Waals surface area contributed by atoms with Crippen molar-refractivity contribution in [2.75, 3.05) is 20.8 Å². The number of hydrogen-bond donors (Lipinski definition) is 0. The number of nitrogens with zero attached hydrogens (tertiary/aromatic N) is 2. The average molecular weight is 288 g/mol. The van der Waals surface area contributed by atoms with E-state index >= 15 is 0 Å². The average Bonchev–Trinajstić information content (AvgIpc) is 3.11. The molecule has 0 aliphatic heterocycles. The van der Waals surface area contributed by atoms with Crippen LogP contribution in [0.3, 0.4) is 0 Å².